The Balaban J connectivity index is 1.86. The Morgan fingerprint density at radius 3 is 3.21 bits per heavy atom. The molecule has 1 fully saturated rings. The van der Waals surface area contributed by atoms with Crippen LogP contribution in [-0.2, 0) is 4.79 Å². The number of carbonyl (C=O) groups is 1. The Bertz CT molecular complexity index is 473. The molecule has 1 aliphatic heterocycles. The van der Waals surface area contributed by atoms with Gasteiger partial charge in [0.25, 0.3) is 0 Å². The van der Waals surface area contributed by atoms with E-state index in [0.717, 1.165) is 12.8 Å². The van der Waals surface area contributed by atoms with E-state index < -0.39 is 6.23 Å². The third-order valence-corrected chi connectivity index (χ3v) is 3.09. The predicted molar refractivity (Wildman–Crippen MR) is 65.3 cm³/mol. The van der Waals surface area contributed by atoms with Gasteiger partial charge in [-0.3, -0.25) is 10.1 Å². The average Bonchev–Trinajstić information content (AvgIpc) is 2.93. The van der Waals surface area contributed by atoms with Crippen LogP contribution in [0.1, 0.15) is 24.6 Å². The van der Waals surface area contributed by atoms with Gasteiger partial charge in [-0.2, -0.15) is 15.5 Å². The number of carbonyl (C=O) groups excluding carboxylic acids is 1. The van der Waals surface area contributed by atoms with Crippen molar-refractivity contribution in [3.05, 3.63) is 24.0 Å². The lowest BCUT2D eigenvalue weighted by molar-refractivity contribution is -0.130. The van der Waals surface area contributed by atoms with Crippen LogP contribution < -0.4 is 5.32 Å². The van der Waals surface area contributed by atoms with E-state index in [1.54, 1.807) is 11.0 Å². The lowest BCUT2D eigenvalue weighted by Gasteiger charge is -2.20. The Kier molecular flexibility index (Phi) is 4.39. The molecule has 0 aliphatic carbocycles. The zero-order valence-electron chi connectivity index (χ0n) is 10.4. The molecule has 2 heterocycles. The highest BCUT2D eigenvalue weighted by atomic mass is 16.3. The molecule has 1 saturated heterocycles. The molecule has 0 spiro atoms. The lowest BCUT2D eigenvalue weighted by atomic mass is 10.2. The molecule has 0 radical (unpaired) electrons. The highest BCUT2D eigenvalue weighted by molar-refractivity contribution is 5.79. The van der Waals surface area contributed by atoms with Crippen LogP contribution in [-0.4, -0.2) is 45.2 Å². The molecule has 1 amide bonds. The van der Waals surface area contributed by atoms with Crippen molar-refractivity contribution < 1.29 is 9.90 Å². The molecule has 1 aliphatic rings. The standard InChI is InChI=1S/C12H15N5O2/c13-6-10-2-1-5-17(10)11(18)8-14-12(19)9-3-4-15-16-7-9/h3-4,7,10,12,14,19H,1-2,5,8H2/t10-,12?/m0/s1. The van der Waals surface area contributed by atoms with Crippen LogP contribution in [0.3, 0.4) is 0 Å². The number of likely N-dealkylation sites (tertiary alicyclic amines) is 1. The molecule has 7 heteroatoms. The first-order valence-electron chi connectivity index (χ1n) is 6.09. The fourth-order valence-corrected chi connectivity index (χ4v) is 2.07. The van der Waals surface area contributed by atoms with Crippen molar-refractivity contribution in [2.75, 3.05) is 13.1 Å². The van der Waals surface area contributed by atoms with Crippen molar-refractivity contribution in [3.8, 4) is 6.07 Å². The minimum absolute atomic E-state index is 0.0122. The van der Waals surface area contributed by atoms with Crippen molar-refractivity contribution in [1.82, 2.24) is 20.4 Å². The lowest BCUT2D eigenvalue weighted by Crippen LogP contribution is -2.41. The molecule has 7 nitrogen and oxygen atoms in total. The summed E-state index contributed by atoms with van der Waals surface area (Å²) in [5.41, 5.74) is 0.543. The van der Waals surface area contributed by atoms with Gasteiger partial charge in [-0.05, 0) is 18.9 Å². The zero-order chi connectivity index (χ0) is 13.7. The highest BCUT2D eigenvalue weighted by Crippen LogP contribution is 2.16. The van der Waals surface area contributed by atoms with E-state index in [4.69, 9.17) is 5.26 Å². The maximum absolute atomic E-state index is 11.9. The molecule has 100 valence electrons. The summed E-state index contributed by atoms with van der Waals surface area (Å²) in [4.78, 5) is 13.5. The predicted octanol–water partition coefficient (Wildman–Crippen LogP) is -0.428. The molecule has 0 bridgehead atoms. The molecule has 1 aromatic rings. The van der Waals surface area contributed by atoms with Crippen LogP contribution in [0.15, 0.2) is 18.5 Å². The van der Waals surface area contributed by atoms with Crippen molar-refractivity contribution in [2.24, 2.45) is 0 Å². The van der Waals surface area contributed by atoms with E-state index in [2.05, 4.69) is 21.6 Å². The number of aliphatic hydroxyl groups excluding tert-OH is 1. The summed E-state index contributed by atoms with van der Waals surface area (Å²) in [6.07, 6.45) is 3.49. The summed E-state index contributed by atoms with van der Waals surface area (Å²) in [7, 11) is 0. The van der Waals surface area contributed by atoms with Gasteiger partial charge in [0, 0.05) is 18.3 Å². The highest BCUT2D eigenvalue weighted by Gasteiger charge is 2.28. The largest absolute Gasteiger partial charge is 0.374 e. The number of amides is 1. The normalized spacial score (nSPS) is 20.0. The van der Waals surface area contributed by atoms with Crippen molar-refractivity contribution in [1.29, 1.82) is 5.26 Å². The second kappa shape index (κ2) is 6.22. The van der Waals surface area contributed by atoms with Gasteiger partial charge in [0.05, 0.1) is 18.8 Å². The molecule has 2 rings (SSSR count). The Morgan fingerprint density at radius 1 is 1.68 bits per heavy atom. The average molecular weight is 261 g/mol. The van der Waals surface area contributed by atoms with E-state index in [0.29, 0.717) is 12.1 Å². The van der Waals surface area contributed by atoms with Gasteiger partial charge in [0.2, 0.25) is 5.91 Å². The first kappa shape index (κ1) is 13.4. The minimum Gasteiger partial charge on any atom is -0.374 e. The topological polar surface area (TPSA) is 102 Å². The molecule has 2 atom stereocenters. The summed E-state index contributed by atoms with van der Waals surface area (Å²) < 4.78 is 0. The Morgan fingerprint density at radius 2 is 2.53 bits per heavy atom. The number of hydrogen-bond acceptors (Lipinski definition) is 6. The summed E-state index contributed by atoms with van der Waals surface area (Å²) in [6.45, 7) is 0.591. The van der Waals surface area contributed by atoms with E-state index in [1.165, 1.54) is 12.4 Å². The van der Waals surface area contributed by atoms with Gasteiger partial charge < -0.3 is 10.0 Å². The third-order valence-electron chi connectivity index (χ3n) is 3.09. The van der Waals surface area contributed by atoms with E-state index in [1.807, 2.05) is 0 Å². The molecule has 1 unspecified atom stereocenters. The summed E-state index contributed by atoms with van der Waals surface area (Å²) >= 11 is 0. The van der Waals surface area contributed by atoms with Gasteiger partial charge in [-0.25, -0.2) is 0 Å². The Labute approximate surface area is 110 Å². The first-order chi connectivity index (χ1) is 9.22. The zero-order valence-corrected chi connectivity index (χ0v) is 10.4. The first-order valence-corrected chi connectivity index (χ1v) is 6.09. The molecular weight excluding hydrogens is 246 g/mol. The van der Waals surface area contributed by atoms with Gasteiger partial charge >= 0.3 is 0 Å². The van der Waals surface area contributed by atoms with Crippen LogP contribution in [0.5, 0.6) is 0 Å². The SMILES string of the molecule is N#C[C@@H]1CCCN1C(=O)CNC(O)c1ccnnc1. The van der Waals surface area contributed by atoms with Crippen LogP contribution in [0.2, 0.25) is 0 Å². The van der Waals surface area contributed by atoms with Crippen LogP contribution in [0, 0.1) is 11.3 Å². The smallest absolute Gasteiger partial charge is 0.237 e. The second-order valence-electron chi connectivity index (χ2n) is 4.33. The van der Waals surface area contributed by atoms with Crippen molar-refractivity contribution in [2.45, 2.75) is 25.1 Å². The summed E-state index contributed by atoms with van der Waals surface area (Å²) in [5, 5.41) is 28.7. The summed E-state index contributed by atoms with van der Waals surface area (Å²) in [6, 6.07) is 3.39. The molecule has 1 aromatic heterocycles. The van der Waals surface area contributed by atoms with E-state index in [-0.39, 0.29) is 18.5 Å². The van der Waals surface area contributed by atoms with Crippen LogP contribution >= 0.6 is 0 Å². The van der Waals surface area contributed by atoms with E-state index in [9.17, 15) is 9.90 Å². The maximum atomic E-state index is 11.9. The molecule has 2 N–H and O–H groups in total. The molecule has 19 heavy (non-hydrogen) atoms. The number of nitrogens with zero attached hydrogens (tertiary/aromatic N) is 4. The van der Waals surface area contributed by atoms with Gasteiger partial charge in [0.15, 0.2) is 0 Å². The number of aliphatic hydroxyl groups is 1. The number of rotatable bonds is 4. The fourth-order valence-electron chi connectivity index (χ4n) is 2.07. The monoisotopic (exact) mass is 261 g/mol. The van der Waals surface area contributed by atoms with Gasteiger partial charge in [-0.1, -0.05) is 0 Å². The van der Waals surface area contributed by atoms with Crippen LogP contribution in [0.4, 0.5) is 0 Å². The molecule has 0 aromatic carbocycles. The molecular formula is C12H15N5O2. The summed E-state index contributed by atoms with van der Waals surface area (Å²) in [5.74, 6) is -0.176. The molecule has 0 saturated carbocycles. The maximum Gasteiger partial charge on any atom is 0.237 e. The van der Waals surface area contributed by atoms with Crippen LogP contribution in [0.25, 0.3) is 0 Å². The number of aromatic nitrogens is 2. The van der Waals surface area contributed by atoms with Gasteiger partial charge in [-0.15, -0.1) is 0 Å². The number of hydrogen-bond donors (Lipinski definition) is 2. The fraction of sp³-hybridized carbons (Fsp3) is 0.500. The number of nitriles is 1. The number of nitrogens with one attached hydrogen (secondary N) is 1. The van der Waals surface area contributed by atoms with Gasteiger partial charge in [0.1, 0.15) is 12.3 Å². The third kappa shape index (κ3) is 3.24. The van der Waals surface area contributed by atoms with Crippen molar-refractivity contribution >= 4 is 5.91 Å². The minimum atomic E-state index is -0.970. The quantitative estimate of drug-likeness (QED) is 0.713. The van der Waals surface area contributed by atoms with E-state index >= 15 is 0 Å². The van der Waals surface area contributed by atoms with Crippen molar-refractivity contribution in [3.63, 3.8) is 0 Å². The second-order valence-corrected chi connectivity index (χ2v) is 4.33. The Hall–Kier alpha value is -2.04.